The molecule has 90 valence electrons. The highest BCUT2D eigenvalue weighted by Crippen LogP contribution is 2.21. The molecule has 0 aliphatic rings. The number of anilines is 1. The SMILES string of the molecule is CCN(CCC#N)C(=O)c1ccc(N)c(Br)c1. The lowest BCUT2D eigenvalue weighted by molar-refractivity contribution is 0.0768. The molecule has 0 aliphatic carbocycles. The first-order chi connectivity index (χ1) is 8.10. The van der Waals surface area contributed by atoms with Gasteiger partial charge in [0.1, 0.15) is 0 Å². The minimum Gasteiger partial charge on any atom is -0.398 e. The summed E-state index contributed by atoms with van der Waals surface area (Å²) in [5.74, 6) is -0.0801. The fraction of sp³-hybridized carbons (Fsp3) is 0.333. The van der Waals surface area contributed by atoms with E-state index in [9.17, 15) is 4.79 Å². The first-order valence-corrected chi connectivity index (χ1v) is 6.10. The predicted molar refractivity (Wildman–Crippen MR) is 70.4 cm³/mol. The number of carbonyl (C=O) groups is 1. The van der Waals surface area contributed by atoms with Gasteiger partial charge in [0.15, 0.2) is 0 Å². The lowest BCUT2D eigenvalue weighted by Crippen LogP contribution is -2.31. The number of nitriles is 1. The van der Waals surface area contributed by atoms with Crippen LogP contribution in [-0.2, 0) is 0 Å². The normalized spacial score (nSPS) is 9.71. The van der Waals surface area contributed by atoms with Crippen LogP contribution in [0.3, 0.4) is 0 Å². The van der Waals surface area contributed by atoms with Gasteiger partial charge in [0.25, 0.3) is 5.91 Å². The Bertz CT molecular complexity index is 454. The summed E-state index contributed by atoms with van der Waals surface area (Å²) in [6.45, 7) is 2.93. The highest BCUT2D eigenvalue weighted by atomic mass is 79.9. The van der Waals surface area contributed by atoms with E-state index in [0.717, 1.165) is 0 Å². The van der Waals surface area contributed by atoms with Crippen LogP contribution >= 0.6 is 15.9 Å². The molecular weight excluding hydrogens is 282 g/mol. The second-order valence-corrected chi connectivity index (χ2v) is 4.38. The fourth-order valence-electron chi connectivity index (χ4n) is 1.43. The molecule has 2 N–H and O–H groups in total. The van der Waals surface area contributed by atoms with Gasteiger partial charge in [-0.3, -0.25) is 4.79 Å². The van der Waals surface area contributed by atoms with Crippen molar-refractivity contribution in [3.8, 4) is 6.07 Å². The van der Waals surface area contributed by atoms with E-state index in [0.29, 0.717) is 35.2 Å². The Morgan fingerprint density at radius 2 is 2.29 bits per heavy atom. The molecule has 0 bridgehead atoms. The molecule has 0 saturated carbocycles. The van der Waals surface area contributed by atoms with Gasteiger partial charge in [-0.2, -0.15) is 5.26 Å². The quantitative estimate of drug-likeness (QED) is 0.867. The van der Waals surface area contributed by atoms with Crippen LogP contribution in [0.15, 0.2) is 22.7 Å². The molecule has 5 heteroatoms. The van der Waals surface area contributed by atoms with E-state index in [1.54, 1.807) is 23.1 Å². The Kier molecular flexibility index (Phi) is 4.98. The molecule has 0 aliphatic heterocycles. The van der Waals surface area contributed by atoms with Gasteiger partial charge in [-0.1, -0.05) is 0 Å². The Labute approximate surface area is 109 Å². The summed E-state index contributed by atoms with van der Waals surface area (Å²) in [6.07, 6.45) is 0.343. The molecule has 0 radical (unpaired) electrons. The molecule has 1 aromatic rings. The minimum absolute atomic E-state index is 0.0801. The molecule has 0 saturated heterocycles. The van der Waals surface area contributed by atoms with Crippen molar-refractivity contribution >= 4 is 27.5 Å². The van der Waals surface area contributed by atoms with E-state index in [4.69, 9.17) is 11.0 Å². The van der Waals surface area contributed by atoms with Crippen LogP contribution in [0.2, 0.25) is 0 Å². The standard InChI is InChI=1S/C12H14BrN3O/c1-2-16(7-3-6-14)12(17)9-4-5-11(15)10(13)8-9/h4-5,8H,2-3,7,15H2,1H3. The first-order valence-electron chi connectivity index (χ1n) is 5.31. The van der Waals surface area contributed by atoms with Gasteiger partial charge in [0.05, 0.1) is 12.5 Å². The average molecular weight is 296 g/mol. The molecule has 17 heavy (non-hydrogen) atoms. The maximum Gasteiger partial charge on any atom is 0.253 e. The Morgan fingerprint density at radius 1 is 1.59 bits per heavy atom. The Balaban J connectivity index is 2.86. The zero-order valence-corrected chi connectivity index (χ0v) is 11.2. The summed E-state index contributed by atoms with van der Waals surface area (Å²) in [5.41, 5.74) is 6.84. The highest BCUT2D eigenvalue weighted by Gasteiger charge is 2.14. The van der Waals surface area contributed by atoms with Crippen molar-refractivity contribution in [3.63, 3.8) is 0 Å². The third-order valence-corrected chi connectivity index (χ3v) is 3.10. The number of amides is 1. The van der Waals surface area contributed by atoms with Gasteiger partial charge in [0.2, 0.25) is 0 Å². The largest absolute Gasteiger partial charge is 0.398 e. The second-order valence-electron chi connectivity index (χ2n) is 3.53. The number of carbonyl (C=O) groups excluding carboxylic acids is 1. The van der Waals surface area contributed by atoms with Crippen molar-refractivity contribution in [1.29, 1.82) is 5.26 Å². The average Bonchev–Trinajstić information content (AvgIpc) is 2.33. The topological polar surface area (TPSA) is 70.1 Å². The molecule has 1 amide bonds. The van der Waals surface area contributed by atoms with Crippen molar-refractivity contribution < 1.29 is 4.79 Å². The zero-order chi connectivity index (χ0) is 12.8. The van der Waals surface area contributed by atoms with E-state index in [-0.39, 0.29) is 5.91 Å². The van der Waals surface area contributed by atoms with E-state index in [2.05, 4.69) is 15.9 Å². The van der Waals surface area contributed by atoms with Gasteiger partial charge < -0.3 is 10.6 Å². The summed E-state index contributed by atoms with van der Waals surface area (Å²) < 4.78 is 0.708. The minimum atomic E-state index is -0.0801. The molecule has 0 heterocycles. The Morgan fingerprint density at radius 3 is 2.82 bits per heavy atom. The fourth-order valence-corrected chi connectivity index (χ4v) is 1.81. The van der Waals surface area contributed by atoms with E-state index in [1.165, 1.54) is 0 Å². The number of nitrogens with two attached hydrogens (primary N) is 1. The van der Waals surface area contributed by atoms with Gasteiger partial charge in [-0.05, 0) is 41.1 Å². The maximum absolute atomic E-state index is 12.1. The highest BCUT2D eigenvalue weighted by molar-refractivity contribution is 9.10. The zero-order valence-electron chi connectivity index (χ0n) is 9.61. The van der Waals surface area contributed by atoms with Crippen LogP contribution in [0, 0.1) is 11.3 Å². The number of hydrogen-bond acceptors (Lipinski definition) is 3. The number of hydrogen-bond donors (Lipinski definition) is 1. The lowest BCUT2D eigenvalue weighted by Gasteiger charge is -2.19. The van der Waals surface area contributed by atoms with Crippen LogP contribution in [0.4, 0.5) is 5.69 Å². The summed E-state index contributed by atoms with van der Waals surface area (Å²) in [7, 11) is 0. The van der Waals surface area contributed by atoms with Gasteiger partial charge in [-0.25, -0.2) is 0 Å². The molecule has 0 atom stereocenters. The van der Waals surface area contributed by atoms with Crippen molar-refractivity contribution in [1.82, 2.24) is 4.90 Å². The molecule has 1 rings (SSSR count). The number of nitrogen functional groups attached to an aromatic ring is 1. The van der Waals surface area contributed by atoms with Crippen LogP contribution in [0.1, 0.15) is 23.7 Å². The molecule has 4 nitrogen and oxygen atoms in total. The van der Waals surface area contributed by atoms with Gasteiger partial charge in [-0.15, -0.1) is 0 Å². The van der Waals surface area contributed by atoms with Crippen molar-refractivity contribution in [2.24, 2.45) is 0 Å². The third kappa shape index (κ3) is 3.46. The maximum atomic E-state index is 12.1. The molecular formula is C12H14BrN3O. The van der Waals surface area contributed by atoms with E-state index < -0.39 is 0 Å². The number of benzene rings is 1. The van der Waals surface area contributed by atoms with E-state index >= 15 is 0 Å². The number of rotatable bonds is 4. The smallest absolute Gasteiger partial charge is 0.253 e. The van der Waals surface area contributed by atoms with Gasteiger partial charge in [0, 0.05) is 28.8 Å². The summed E-state index contributed by atoms with van der Waals surface area (Å²) in [4.78, 5) is 13.7. The number of halogens is 1. The van der Waals surface area contributed by atoms with Crippen molar-refractivity contribution in [2.45, 2.75) is 13.3 Å². The molecule has 0 unspecified atom stereocenters. The van der Waals surface area contributed by atoms with Gasteiger partial charge >= 0.3 is 0 Å². The summed E-state index contributed by atoms with van der Waals surface area (Å²) in [5, 5.41) is 8.53. The first kappa shape index (κ1) is 13.5. The van der Waals surface area contributed by atoms with Crippen LogP contribution < -0.4 is 5.73 Å². The molecule has 0 spiro atoms. The number of nitrogens with zero attached hydrogens (tertiary/aromatic N) is 2. The molecule has 0 fully saturated rings. The molecule has 0 aromatic heterocycles. The third-order valence-electron chi connectivity index (χ3n) is 2.41. The molecule has 1 aromatic carbocycles. The van der Waals surface area contributed by atoms with E-state index in [1.807, 2.05) is 13.0 Å². The monoisotopic (exact) mass is 295 g/mol. The van der Waals surface area contributed by atoms with Crippen molar-refractivity contribution in [3.05, 3.63) is 28.2 Å². The Hall–Kier alpha value is -1.54. The second kappa shape index (κ2) is 6.26. The van der Waals surface area contributed by atoms with Crippen molar-refractivity contribution in [2.75, 3.05) is 18.8 Å². The van der Waals surface area contributed by atoms with Crippen LogP contribution in [0.25, 0.3) is 0 Å². The summed E-state index contributed by atoms with van der Waals surface area (Å²) in [6, 6.07) is 7.12. The summed E-state index contributed by atoms with van der Waals surface area (Å²) >= 11 is 3.29. The lowest BCUT2D eigenvalue weighted by atomic mass is 10.2. The van der Waals surface area contributed by atoms with Crippen LogP contribution in [-0.4, -0.2) is 23.9 Å². The predicted octanol–water partition coefficient (Wildman–Crippen LogP) is 2.41. The van der Waals surface area contributed by atoms with Crippen LogP contribution in [0.5, 0.6) is 0 Å².